The Hall–Kier alpha value is -1.35. The van der Waals surface area contributed by atoms with Crippen LogP contribution in [-0.4, -0.2) is 16.2 Å². The number of hydrogen-bond donors (Lipinski definition) is 0. The van der Waals surface area contributed by atoms with Gasteiger partial charge in [0.1, 0.15) is 11.9 Å². The highest BCUT2D eigenvalue weighted by atomic mass is 16.5. The molecule has 0 aliphatic rings. The van der Waals surface area contributed by atoms with Gasteiger partial charge in [0.15, 0.2) is 0 Å². The van der Waals surface area contributed by atoms with Crippen LogP contribution in [0.3, 0.4) is 0 Å². The second kappa shape index (κ2) is 4.88. The van der Waals surface area contributed by atoms with Gasteiger partial charge in [0.25, 0.3) is 0 Å². The Morgan fingerprint density at radius 3 is 2.59 bits per heavy atom. The number of benzene rings is 1. The highest BCUT2D eigenvalue weighted by Crippen LogP contribution is 2.26. The normalized spacial score (nSPS) is 13.5. The third-order valence-corrected chi connectivity index (χ3v) is 2.92. The van der Waals surface area contributed by atoms with E-state index in [1.54, 1.807) is 0 Å². The first kappa shape index (κ1) is 12.1. The standard InChI is InChI=1S/C14H20N2O/c1-5-17-11(4)14-15-12-8-6-7-9-13(12)16(14)10(2)3/h6-11H,5H2,1-4H3. The molecule has 92 valence electrons. The van der Waals surface area contributed by atoms with Crippen molar-refractivity contribution < 1.29 is 4.74 Å². The number of rotatable bonds is 4. The zero-order valence-electron chi connectivity index (χ0n) is 11.0. The molecule has 0 saturated heterocycles. The van der Waals surface area contributed by atoms with Crippen LogP contribution < -0.4 is 0 Å². The lowest BCUT2D eigenvalue weighted by molar-refractivity contribution is 0.0671. The molecule has 0 spiro atoms. The first-order chi connectivity index (χ1) is 8.15. The van der Waals surface area contributed by atoms with E-state index < -0.39 is 0 Å². The maximum Gasteiger partial charge on any atom is 0.139 e. The summed E-state index contributed by atoms with van der Waals surface area (Å²) in [5.41, 5.74) is 2.23. The summed E-state index contributed by atoms with van der Waals surface area (Å²) in [5, 5.41) is 0. The largest absolute Gasteiger partial charge is 0.371 e. The molecule has 0 saturated carbocycles. The van der Waals surface area contributed by atoms with E-state index in [0.717, 1.165) is 11.3 Å². The van der Waals surface area contributed by atoms with Crippen LogP contribution in [0.25, 0.3) is 11.0 Å². The van der Waals surface area contributed by atoms with Crippen molar-refractivity contribution in [3.63, 3.8) is 0 Å². The number of imidazole rings is 1. The van der Waals surface area contributed by atoms with Gasteiger partial charge in [0, 0.05) is 12.6 Å². The molecular formula is C14H20N2O. The Kier molecular flexibility index (Phi) is 3.48. The van der Waals surface area contributed by atoms with Gasteiger partial charge in [0.2, 0.25) is 0 Å². The number of ether oxygens (including phenoxy) is 1. The molecule has 1 heterocycles. The maximum absolute atomic E-state index is 5.66. The van der Waals surface area contributed by atoms with Gasteiger partial charge in [-0.3, -0.25) is 0 Å². The summed E-state index contributed by atoms with van der Waals surface area (Å²) < 4.78 is 7.92. The van der Waals surface area contributed by atoms with Crippen molar-refractivity contribution in [2.75, 3.05) is 6.61 Å². The minimum atomic E-state index is 0.0369. The zero-order chi connectivity index (χ0) is 12.4. The van der Waals surface area contributed by atoms with Crippen molar-refractivity contribution in [2.45, 2.75) is 39.8 Å². The van der Waals surface area contributed by atoms with Crippen molar-refractivity contribution in [1.82, 2.24) is 9.55 Å². The minimum absolute atomic E-state index is 0.0369. The molecule has 1 aromatic carbocycles. The molecule has 0 fully saturated rings. The van der Waals surface area contributed by atoms with Crippen molar-refractivity contribution >= 4 is 11.0 Å². The van der Waals surface area contributed by atoms with E-state index in [0.29, 0.717) is 12.6 Å². The topological polar surface area (TPSA) is 27.1 Å². The molecule has 0 radical (unpaired) electrons. The smallest absolute Gasteiger partial charge is 0.139 e. The zero-order valence-corrected chi connectivity index (χ0v) is 11.0. The van der Waals surface area contributed by atoms with E-state index >= 15 is 0 Å². The van der Waals surface area contributed by atoms with Crippen molar-refractivity contribution in [3.8, 4) is 0 Å². The molecule has 2 aromatic rings. The molecule has 0 amide bonds. The first-order valence-corrected chi connectivity index (χ1v) is 6.23. The average molecular weight is 232 g/mol. The quantitative estimate of drug-likeness (QED) is 0.803. The highest BCUT2D eigenvalue weighted by Gasteiger charge is 2.18. The van der Waals surface area contributed by atoms with Crippen LogP contribution in [0.5, 0.6) is 0 Å². The number of aromatic nitrogens is 2. The predicted molar refractivity (Wildman–Crippen MR) is 70.2 cm³/mol. The number of nitrogens with zero attached hydrogens (tertiary/aromatic N) is 2. The van der Waals surface area contributed by atoms with E-state index in [9.17, 15) is 0 Å². The molecule has 3 heteroatoms. The first-order valence-electron chi connectivity index (χ1n) is 6.23. The molecule has 0 bridgehead atoms. The summed E-state index contributed by atoms with van der Waals surface area (Å²) in [6.07, 6.45) is 0.0369. The maximum atomic E-state index is 5.66. The fraction of sp³-hybridized carbons (Fsp3) is 0.500. The Morgan fingerprint density at radius 2 is 1.94 bits per heavy atom. The van der Waals surface area contributed by atoms with Crippen LogP contribution in [-0.2, 0) is 4.74 Å². The summed E-state index contributed by atoms with van der Waals surface area (Å²) in [5.74, 6) is 1.02. The second-order valence-corrected chi connectivity index (χ2v) is 4.52. The van der Waals surface area contributed by atoms with Crippen molar-refractivity contribution in [3.05, 3.63) is 30.1 Å². The summed E-state index contributed by atoms with van der Waals surface area (Å²) in [7, 11) is 0. The van der Waals surface area contributed by atoms with Gasteiger partial charge in [-0.15, -0.1) is 0 Å². The minimum Gasteiger partial charge on any atom is -0.371 e. The lowest BCUT2D eigenvalue weighted by Crippen LogP contribution is -2.11. The fourth-order valence-corrected chi connectivity index (χ4v) is 2.22. The third kappa shape index (κ3) is 2.20. The van der Waals surface area contributed by atoms with E-state index in [4.69, 9.17) is 9.72 Å². The molecule has 2 rings (SSSR count). The van der Waals surface area contributed by atoms with Gasteiger partial charge < -0.3 is 9.30 Å². The SMILES string of the molecule is CCOC(C)c1nc2ccccc2n1C(C)C. The fourth-order valence-electron chi connectivity index (χ4n) is 2.22. The lowest BCUT2D eigenvalue weighted by atomic mass is 10.3. The van der Waals surface area contributed by atoms with Crippen LogP contribution in [0.1, 0.15) is 45.7 Å². The molecule has 17 heavy (non-hydrogen) atoms. The molecule has 1 unspecified atom stereocenters. The Bertz CT molecular complexity index is 502. The number of hydrogen-bond acceptors (Lipinski definition) is 2. The molecule has 0 aliphatic carbocycles. The highest BCUT2D eigenvalue weighted by molar-refractivity contribution is 5.76. The van der Waals surface area contributed by atoms with E-state index in [-0.39, 0.29) is 6.10 Å². The predicted octanol–water partition coefficient (Wildman–Crippen LogP) is 3.71. The van der Waals surface area contributed by atoms with Crippen LogP contribution >= 0.6 is 0 Å². The molecule has 1 aromatic heterocycles. The van der Waals surface area contributed by atoms with E-state index in [1.165, 1.54) is 5.52 Å². The van der Waals surface area contributed by atoms with Crippen molar-refractivity contribution in [1.29, 1.82) is 0 Å². The molecule has 1 atom stereocenters. The summed E-state index contributed by atoms with van der Waals surface area (Å²) in [4.78, 5) is 4.69. The van der Waals surface area contributed by atoms with E-state index in [1.807, 2.05) is 13.0 Å². The number of fused-ring (bicyclic) bond motifs is 1. The Balaban J connectivity index is 2.57. The van der Waals surface area contributed by atoms with Crippen LogP contribution in [0.4, 0.5) is 0 Å². The van der Waals surface area contributed by atoms with Gasteiger partial charge in [-0.2, -0.15) is 0 Å². The van der Waals surface area contributed by atoms with Gasteiger partial charge in [0.05, 0.1) is 11.0 Å². The lowest BCUT2D eigenvalue weighted by Gasteiger charge is -2.17. The monoisotopic (exact) mass is 232 g/mol. The van der Waals surface area contributed by atoms with Gasteiger partial charge >= 0.3 is 0 Å². The van der Waals surface area contributed by atoms with Gasteiger partial charge in [-0.1, -0.05) is 12.1 Å². The van der Waals surface area contributed by atoms with Crippen LogP contribution in [0.15, 0.2) is 24.3 Å². The Morgan fingerprint density at radius 1 is 1.24 bits per heavy atom. The van der Waals surface area contributed by atoms with Crippen molar-refractivity contribution in [2.24, 2.45) is 0 Å². The van der Waals surface area contributed by atoms with E-state index in [2.05, 4.69) is 43.5 Å². The van der Waals surface area contributed by atoms with Crippen LogP contribution in [0, 0.1) is 0 Å². The summed E-state index contributed by atoms with van der Waals surface area (Å²) in [6.45, 7) is 9.14. The summed E-state index contributed by atoms with van der Waals surface area (Å²) in [6, 6.07) is 8.63. The molecular weight excluding hydrogens is 212 g/mol. The molecule has 3 nitrogen and oxygen atoms in total. The third-order valence-electron chi connectivity index (χ3n) is 2.92. The van der Waals surface area contributed by atoms with Crippen LogP contribution in [0.2, 0.25) is 0 Å². The second-order valence-electron chi connectivity index (χ2n) is 4.52. The summed E-state index contributed by atoms with van der Waals surface area (Å²) >= 11 is 0. The number of para-hydroxylation sites is 2. The molecule has 0 aliphatic heterocycles. The Labute approximate surface area is 102 Å². The van der Waals surface area contributed by atoms with Gasteiger partial charge in [-0.25, -0.2) is 4.98 Å². The average Bonchev–Trinajstić information content (AvgIpc) is 2.68. The molecule has 0 N–H and O–H groups in total. The van der Waals surface area contributed by atoms with Gasteiger partial charge in [-0.05, 0) is 39.8 Å².